The summed E-state index contributed by atoms with van der Waals surface area (Å²) in [5.74, 6) is 0.636. The molecule has 2 N–H and O–H groups in total. The standard InChI is InChI=1S/C25H37N3O3/c29-24(27-31-25-8-4-5-17-30-25)14-11-20-9-12-22(13-10-20)26-23-15-16-28(19-23)18-21-6-2-1-3-7-21/h9-14,21,23,25-26H,1-8,15-19H2,(H,27,29)/b14-11+/t23-,25?/m1/s1. The lowest BCUT2D eigenvalue weighted by Crippen LogP contribution is -2.32. The molecule has 1 aromatic carbocycles. The number of ether oxygens (including phenoxy) is 1. The lowest BCUT2D eigenvalue weighted by atomic mass is 9.89. The number of hydroxylamine groups is 1. The molecule has 6 heteroatoms. The maximum absolute atomic E-state index is 11.9. The molecule has 1 aliphatic carbocycles. The van der Waals surface area contributed by atoms with E-state index in [-0.39, 0.29) is 12.2 Å². The lowest BCUT2D eigenvalue weighted by Gasteiger charge is -2.26. The zero-order valence-electron chi connectivity index (χ0n) is 18.6. The average Bonchev–Trinajstić information content (AvgIpc) is 3.25. The Morgan fingerprint density at radius 1 is 1.06 bits per heavy atom. The van der Waals surface area contributed by atoms with Crippen molar-refractivity contribution in [3.8, 4) is 0 Å². The van der Waals surface area contributed by atoms with Gasteiger partial charge < -0.3 is 15.0 Å². The summed E-state index contributed by atoms with van der Waals surface area (Å²) in [4.78, 5) is 19.9. The maximum atomic E-state index is 11.9. The highest BCUT2D eigenvalue weighted by Gasteiger charge is 2.25. The van der Waals surface area contributed by atoms with Crippen LogP contribution < -0.4 is 10.8 Å². The molecule has 0 aromatic heterocycles. The van der Waals surface area contributed by atoms with Crippen LogP contribution in [0.2, 0.25) is 0 Å². The second-order valence-electron chi connectivity index (χ2n) is 9.23. The van der Waals surface area contributed by atoms with Gasteiger partial charge in [-0.15, -0.1) is 0 Å². The first-order valence-corrected chi connectivity index (χ1v) is 12.1. The topological polar surface area (TPSA) is 62.8 Å². The lowest BCUT2D eigenvalue weighted by molar-refractivity contribution is -0.198. The Balaban J connectivity index is 1.17. The smallest absolute Gasteiger partial charge is 0.267 e. The quantitative estimate of drug-likeness (QED) is 0.477. The van der Waals surface area contributed by atoms with E-state index in [1.165, 1.54) is 57.7 Å². The van der Waals surface area contributed by atoms with Gasteiger partial charge in [-0.3, -0.25) is 4.79 Å². The first-order valence-electron chi connectivity index (χ1n) is 12.1. The Morgan fingerprint density at radius 2 is 1.87 bits per heavy atom. The van der Waals surface area contributed by atoms with Gasteiger partial charge in [-0.1, -0.05) is 31.4 Å². The molecule has 1 amide bonds. The highest BCUT2D eigenvalue weighted by Crippen LogP contribution is 2.26. The van der Waals surface area contributed by atoms with Crippen molar-refractivity contribution >= 4 is 17.7 Å². The van der Waals surface area contributed by atoms with Crippen LogP contribution in [0, 0.1) is 5.92 Å². The summed E-state index contributed by atoms with van der Waals surface area (Å²) in [6.45, 7) is 4.32. The number of carbonyl (C=O) groups is 1. The van der Waals surface area contributed by atoms with E-state index in [1.807, 2.05) is 12.1 Å². The number of hydrogen-bond acceptors (Lipinski definition) is 5. The predicted octanol–water partition coefficient (Wildman–Crippen LogP) is 4.34. The minimum atomic E-state index is -0.328. The number of anilines is 1. The van der Waals surface area contributed by atoms with Crippen LogP contribution in [0.1, 0.15) is 63.4 Å². The van der Waals surface area contributed by atoms with Crippen LogP contribution >= 0.6 is 0 Å². The van der Waals surface area contributed by atoms with Gasteiger partial charge in [0.1, 0.15) is 0 Å². The molecule has 2 atom stereocenters. The number of nitrogens with zero attached hydrogens (tertiary/aromatic N) is 1. The van der Waals surface area contributed by atoms with Gasteiger partial charge in [0.25, 0.3) is 5.91 Å². The second kappa shape index (κ2) is 11.7. The fourth-order valence-electron chi connectivity index (χ4n) is 4.91. The minimum Gasteiger partial charge on any atom is -0.381 e. The summed E-state index contributed by atoms with van der Waals surface area (Å²) in [6, 6.07) is 8.77. The van der Waals surface area contributed by atoms with Gasteiger partial charge >= 0.3 is 0 Å². The normalized spacial score (nSPS) is 25.7. The van der Waals surface area contributed by atoms with Gasteiger partial charge in [-0.05, 0) is 61.8 Å². The molecule has 6 nitrogen and oxygen atoms in total. The van der Waals surface area contributed by atoms with Gasteiger partial charge in [0, 0.05) is 50.5 Å². The number of hydrogen-bond donors (Lipinski definition) is 2. The van der Waals surface area contributed by atoms with Crippen molar-refractivity contribution in [3.63, 3.8) is 0 Å². The van der Waals surface area contributed by atoms with E-state index in [1.54, 1.807) is 6.08 Å². The van der Waals surface area contributed by atoms with Gasteiger partial charge in [-0.25, -0.2) is 10.3 Å². The molecule has 0 radical (unpaired) electrons. The SMILES string of the molecule is O=C(/C=C/c1ccc(N[C@@H]2CCN(CC3CCCCC3)C2)cc1)NOC1CCCCO1. The molecule has 1 saturated carbocycles. The molecule has 2 aliphatic heterocycles. The predicted molar refractivity (Wildman–Crippen MR) is 123 cm³/mol. The zero-order valence-corrected chi connectivity index (χ0v) is 18.6. The summed E-state index contributed by atoms with van der Waals surface area (Å²) in [7, 11) is 0. The van der Waals surface area contributed by atoms with Crippen molar-refractivity contribution in [3.05, 3.63) is 35.9 Å². The molecule has 0 bridgehead atoms. The monoisotopic (exact) mass is 427 g/mol. The largest absolute Gasteiger partial charge is 0.381 e. The van der Waals surface area contributed by atoms with Crippen LogP contribution in [-0.2, 0) is 14.4 Å². The highest BCUT2D eigenvalue weighted by atomic mass is 16.8. The van der Waals surface area contributed by atoms with Crippen LogP contribution in [-0.4, -0.2) is 49.4 Å². The van der Waals surface area contributed by atoms with Crippen LogP contribution in [0.25, 0.3) is 6.08 Å². The average molecular weight is 428 g/mol. The molecule has 3 fully saturated rings. The molecular formula is C25H37N3O3. The molecule has 31 heavy (non-hydrogen) atoms. The Morgan fingerprint density at radius 3 is 2.65 bits per heavy atom. The van der Waals surface area contributed by atoms with Crippen molar-refractivity contribution in [2.24, 2.45) is 5.92 Å². The molecule has 4 rings (SSSR count). The van der Waals surface area contributed by atoms with E-state index in [2.05, 4.69) is 27.8 Å². The third-order valence-corrected chi connectivity index (χ3v) is 6.65. The number of amides is 1. The molecule has 2 saturated heterocycles. The zero-order chi connectivity index (χ0) is 21.3. The minimum absolute atomic E-state index is 0.277. The molecule has 3 aliphatic rings. The van der Waals surface area contributed by atoms with E-state index in [0.29, 0.717) is 12.6 Å². The van der Waals surface area contributed by atoms with Gasteiger partial charge in [-0.2, -0.15) is 0 Å². The third-order valence-electron chi connectivity index (χ3n) is 6.65. The molecule has 0 spiro atoms. The van der Waals surface area contributed by atoms with Crippen LogP contribution in [0.15, 0.2) is 30.3 Å². The summed E-state index contributed by atoms with van der Waals surface area (Å²) in [5, 5.41) is 3.68. The van der Waals surface area contributed by atoms with Crippen molar-refractivity contribution in [2.45, 2.75) is 70.1 Å². The summed E-state index contributed by atoms with van der Waals surface area (Å²) in [6.07, 6.45) is 14.2. The van der Waals surface area contributed by atoms with E-state index < -0.39 is 0 Å². The third kappa shape index (κ3) is 7.34. The van der Waals surface area contributed by atoms with Gasteiger partial charge in [0.05, 0.1) is 0 Å². The molecule has 1 aromatic rings. The second-order valence-corrected chi connectivity index (χ2v) is 9.23. The van der Waals surface area contributed by atoms with E-state index in [4.69, 9.17) is 9.57 Å². The maximum Gasteiger partial charge on any atom is 0.267 e. The fraction of sp³-hybridized carbons (Fsp3) is 0.640. The van der Waals surface area contributed by atoms with Crippen LogP contribution in [0.4, 0.5) is 5.69 Å². The van der Waals surface area contributed by atoms with Crippen molar-refractivity contribution in [2.75, 3.05) is 31.6 Å². The van der Waals surface area contributed by atoms with Crippen LogP contribution in [0.5, 0.6) is 0 Å². The Labute approximate surface area is 186 Å². The number of benzene rings is 1. The van der Waals surface area contributed by atoms with E-state index >= 15 is 0 Å². The number of nitrogens with one attached hydrogen (secondary N) is 2. The Kier molecular flexibility index (Phi) is 8.38. The Bertz CT molecular complexity index is 709. The summed E-state index contributed by atoms with van der Waals surface area (Å²) >= 11 is 0. The van der Waals surface area contributed by atoms with Gasteiger partial charge in [0.15, 0.2) is 6.29 Å². The van der Waals surface area contributed by atoms with Crippen molar-refractivity contribution in [1.29, 1.82) is 0 Å². The molecule has 170 valence electrons. The first kappa shape index (κ1) is 22.3. The summed E-state index contributed by atoms with van der Waals surface area (Å²) < 4.78 is 5.43. The van der Waals surface area contributed by atoms with Crippen molar-refractivity contribution in [1.82, 2.24) is 10.4 Å². The highest BCUT2D eigenvalue weighted by molar-refractivity contribution is 5.91. The Hall–Kier alpha value is -1.89. The number of carbonyl (C=O) groups excluding carboxylic acids is 1. The molecular weight excluding hydrogens is 390 g/mol. The van der Waals surface area contributed by atoms with Gasteiger partial charge in [0.2, 0.25) is 0 Å². The van der Waals surface area contributed by atoms with Crippen molar-refractivity contribution < 1.29 is 14.4 Å². The molecule has 2 heterocycles. The molecule has 1 unspecified atom stereocenters. The number of rotatable bonds is 8. The summed E-state index contributed by atoms with van der Waals surface area (Å²) in [5.41, 5.74) is 4.58. The first-order chi connectivity index (χ1) is 15.2. The van der Waals surface area contributed by atoms with E-state index in [0.717, 1.165) is 43.0 Å². The van der Waals surface area contributed by atoms with Crippen LogP contribution in [0.3, 0.4) is 0 Å². The number of likely N-dealkylation sites (tertiary alicyclic amines) is 1. The van der Waals surface area contributed by atoms with E-state index in [9.17, 15) is 4.79 Å². The fourth-order valence-corrected chi connectivity index (χ4v) is 4.91.